The molecule has 0 saturated carbocycles. The number of ether oxygens (including phenoxy) is 7. The van der Waals surface area contributed by atoms with E-state index in [0.717, 1.165) is 45.4 Å². The molecule has 8 rings (SSSR count). The minimum Gasteiger partial charge on any atom is -0.461 e. The second-order valence-electron chi connectivity index (χ2n) is 15.2. The second-order valence-corrected chi connectivity index (χ2v) is 15.6. The molecule has 6 atom stereocenters. The van der Waals surface area contributed by atoms with Gasteiger partial charge < -0.3 is 33.2 Å². The minimum atomic E-state index is -1.33. The van der Waals surface area contributed by atoms with E-state index < -0.39 is 36.3 Å². The maximum absolute atomic E-state index is 7.51. The molecule has 2 heterocycles. The lowest BCUT2D eigenvalue weighted by molar-refractivity contribution is -0.348. The van der Waals surface area contributed by atoms with Crippen LogP contribution in [0.1, 0.15) is 51.4 Å². The van der Waals surface area contributed by atoms with Gasteiger partial charge in [0.2, 0.25) is 6.29 Å². The van der Waals surface area contributed by atoms with Gasteiger partial charge >= 0.3 is 0 Å². The lowest BCUT2D eigenvalue weighted by atomic mass is 9.78. The first-order valence-corrected chi connectivity index (χ1v) is 20.8. The van der Waals surface area contributed by atoms with Crippen molar-refractivity contribution in [2.45, 2.75) is 82.5 Å². The Bertz CT molecular complexity index is 2200. The van der Waals surface area contributed by atoms with E-state index in [1.807, 2.05) is 91.0 Å². The van der Waals surface area contributed by atoms with Crippen LogP contribution in [0, 0.1) is 0 Å². The third kappa shape index (κ3) is 9.48. The molecule has 304 valence electrons. The molecule has 6 aromatic rings. The standard InChI is InChI=1S/C51H51ClO7/c1-3-36-24-26-37(27-25-36)28-42-29-43-45(30-44(42)52)58-50(53-2)51(43)49(57-34-41-22-14-7-15-23-41)48(56-33-40-20-12-6-13-21-40)47(55-32-39-18-10-5-11-19-39)46(59-51)35-54-31-38-16-8-4-9-17-38/h4-27,29-30,46-50H,3,28,31-35H2,1-2H3/t46-,47-,48+,49-,50-,51?/m1/s1. The average molecular weight is 811 g/mol. The molecular weight excluding hydrogens is 760 g/mol. The Morgan fingerprint density at radius 2 is 1.08 bits per heavy atom. The molecule has 1 fully saturated rings. The zero-order valence-electron chi connectivity index (χ0n) is 33.6. The summed E-state index contributed by atoms with van der Waals surface area (Å²) in [5, 5.41) is 0.594. The summed E-state index contributed by atoms with van der Waals surface area (Å²) < 4.78 is 48.2. The fourth-order valence-corrected chi connectivity index (χ4v) is 8.34. The number of hydrogen-bond donors (Lipinski definition) is 0. The van der Waals surface area contributed by atoms with E-state index in [4.69, 9.17) is 44.8 Å². The molecule has 7 nitrogen and oxygen atoms in total. The molecule has 1 spiro atoms. The monoisotopic (exact) mass is 810 g/mol. The molecule has 6 aromatic carbocycles. The number of aryl methyl sites for hydroxylation is 1. The molecule has 0 radical (unpaired) electrons. The van der Waals surface area contributed by atoms with E-state index in [0.29, 0.717) is 37.0 Å². The smallest absolute Gasteiger partial charge is 0.236 e. The van der Waals surface area contributed by atoms with Crippen LogP contribution in [0.4, 0.5) is 0 Å². The van der Waals surface area contributed by atoms with Crippen molar-refractivity contribution in [2.24, 2.45) is 0 Å². The van der Waals surface area contributed by atoms with Gasteiger partial charge in [-0.05, 0) is 63.9 Å². The van der Waals surface area contributed by atoms with Crippen molar-refractivity contribution in [3.05, 3.63) is 207 Å². The van der Waals surface area contributed by atoms with Crippen LogP contribution in [-0.4, -0.2) is 44.4 Å². The first-order chi connectivity index (χ1) is 29.0. The fourth-order valence-electron chi connectivity index (χ4n) is 8.12. The van der Waals surface area contributed by atoms with E-state index >= 15 is 0 Å². The largest absolute Gasteiger partial charge is 0.461 e. The maximum atomic E-state index is 7.51. The van der Waals surface area contributed by atoms with Crippen LogP contribution >= 0.6 is 11.6 Å². The van der Waals surface area contributed by atoms with Gasteiger partial charge in [0, 0.05) is 17.7 Å². The normalized spacial score (nSPS) is 22.3. The summed E-state index contributed by atoms with van der Waals surface area (Å²) in [6, 6.07) is 53.2. The molecule has 1 unspecified atom stereocenters. The highest BCUT2D eigenvalue weighted by atomic mass is 35.5. The Balaban J connectivity index is 1.25. The van der Waals surface area contributed by atoms with Gasteiger partial charge in [0.15, 0.2) is 5.60 Å². The lowest BCUT2D eigenvalue weighted by Gasteiger charge is -2.52. The highest BCUT2D eigenvalue weighted by molar-refractivity contribution is 6.31. The first kappa shape index (κ1) is 40.9. The zero-order valence-corrected chi connectivity index (χ0v) is 34.3. The summed E-state index contributed by atoms with van der Waals surface area (Å²) in [6.07, 6.45) is -2.10. The van der Waals surface area contributed by atoms with Crippen molar-refractivity contribution in [1.29, 1.82) is 0 Å². The summed E-state index contributed by atoms with van der Waals surface area (Å²) in [5.41, 5.74) is 6.89. The van der Waals surface area contributed by atoms with E-state index in [1.54, 1.807) is 7.11 Å². The fraction of sp³-hybridized carbons (Fsp3) is 0.294. The Hall–Kier alpha value is -4.83. The van der Waals surface area contributed by atoms with Gasteiger partial charge in [0.1, 0.15) is 30.2 Å². The average Bonchev–Trinajstić information content (AvgIpc) is 3.58. The molecule has 0 amide bonds. The summed E-state index contributed by atoms with van der Waals surface area (Å²) in [6.45, 7) is 3.65. The van der Waals surface area contributed by atoms with Crippen LogP contribution in [0.5, 0.6) is 5.75 Å². The van der Waals surface area contributed by atoms with Gasteiger partial charge in [-0.1, -0.05) is 164 Å². The van der Waals surface area contributed by atoms with Gasteiger partial charge in [-0.15, -0.1) is 0 Å². The Labute approximate surface area is 352 Å². The van der Waals surface area contributed by atoms with Crippen molar-refractivity contribution in [3.8, 4) is 5.75 Å². The number of benzene rings is 6. The van der Waals surface area contributed by atoms with E-state index in [2.05, 4.69) is 73.7 Å². The van der Waals surface area contributed by atoms with Gasteiger partial charge in [-0.2, -0.15) is 0 Å². The predicted octanol–water partition coefficient (Wildman–Crippen LogP) is 10.4. The molecule has 0 aliphatic carbocycles. The lowest BCUT2D eigenvalue weighted by Crippen LogP contribution is -2.68. The summed E-state index contributed by atoms with van der Waals surface area (Å²) >= 11 is 7.08. The molecular formula is C51H51ClO7. The molecule has 0 N–H and O–H groups in total. The van der Waals surface area contributed by atoms with E-state index in [-0.39, 0.29) is 13.2 Å². The van der Waals surface area contributed by atoms with Gasteiger partial charge in [0.05, 0.1) is 33.0 Å². The topological polar surface area (TPSA) is 64.6 Å². The SMILES string of the molecule is CCc1ccc(Cc2cc3c(cc2Cl)O[C@@H](OC)C32O[C@H](COCc3ccccc3)[C@@H](OCc3ccccc3)[C@H](OCc3ccccc3)[C@H]2OCc2ccccc2)cc1. The third-order valence-electron chi connectivity index (χ3n) is 11.2. The van der Waals surface area contributed by atoms with E-state index in [1.165, 1.54) is 5.56 Å². The molecule has 2 aliphatic heterocycles. The quantitative estimate of drug-likeness (QED) is 0.0909. The van der Waals surface area contributed by atoms with Gasteiger partial charge in [-0.3, -0.25) is 0 Å². The number of hydrogen-bond acceptors (Lipinski definition) is 7. The van der Waals surface area contributed by atoms with Crippen LogP contribution in [0.25, 0.3) is 0 Å². The molecule has 0 aromatic heterocycles. The number of rotatable bonds is 17. The molecule has 59 heavy (non-hydrogen) atoms. The van der Waals surface area contributed by atoms with Crippen LogP contribution in [0.2, 0.25) is 5.02 Å². The first-order valence-electron chi connectivity index (χ1n) is 20.4. The van der Waals surface area contributed by atoms with Crippen molar-refractivity contribution < 1.29 is 33.2 Å². The number of fused-ring (bicyclic) bond motifs is 2. The summed E-state index contributed by atoms with van der Waals surface area (Å²) in [7, 11) is 1.63. The van der Waals surface area contributed by atoms with Crippen LogP contribution < -0.4 is 4.74 Å². The van der Waals surface area contributed by atoms with Crippen molar-refractivity contribution in [2.75, 3.05) is 13.7 Å². The van der Waals surface area contributed by atoms with Crippen LogP contribution in [0.15, 0.2) is 158 Å². The highest BCUT2D eigenvalue weighted by Crippen LogP contribution is 2.54. The Morgan fingerprint density at radius 1 is 0.576 bits per heavy atom. The molecule has 2 aliphatic rings. The Morgan fingerprint density at radius 3 is 1.63 bits per heavy atom. The third-order valence-corrected chi connectivity index (χ3v) is 11.5. The van der Waals surface area contributed by atoms with Crippen molar-refractivity contribution in [3.63, 3.8) is 0 Å². The highest BCUT2D eigenvalue weighted by Gasteiger charge is 2.66. The molecule has 0 bridgehead atoms. The molecule has 8 heteroatoms. The van der Waals surface area contributed by atoms with Gasteiger partial charge in [-0.25, -0.2) is 0 Å². The van der Waals surface area contributed by atoms with Gasteiger partial charge in [0.25, 0.3) is 0 Å². The molecule has 1 saturated heterocycles. The summed E-state index contributed by atoms with van der Waals surface area (Å²) in [5.74, 6) is 0.564. The second kappa shape index (κ2) is 19.5. The number of halogens is 1. The minimum absolute atomic E-state index is 0.197. The zero-order chi connectivity index (χ0) is 40.4. The number of methoxy groups -OCH3 is 1. The predicted molar refractivity (Wildman–Crippen MR) is 229 cm³/mol. The van der Waals surface area contributed by atoms with Crippen molar-refractivity contribution >= 4 is 11.6 Å². The van der Waals surface area contributed by atoms with Crippen molar-refractivity contribution in [1.82, 2.24) is 0 Å². The van der Waals surface area contributed by atoms with Crippen LogP contribution in [0.3, 0.4) is 0 Å². The Kier molecular flexibility index (Phi) is 13.5. The summed E-state index contributed by atoms with van der Waals surface area (Å²) in [4.78, 5) is 0. The maximum Gasteiger partial charge on any atom is 0.236 e. The van der Waals surface area contributed by atoms with Crippen LogP contribution in [-0.2, 0) is 73.3 Å². The van der Waals surface area contributed by atoms with E-state index in [9.17, 15) is 0 Å².